The van der Waals surface area contributed by atoms with Crippen LogP contribution in [0.1, 0.15) is 29.8 Å². The van der Waals surface area contributed by atoms with E-state index in [2.05, 4.69) is 0 Å². The van der Waals surface area contributed by atoms with Crippen molar-refractivity contribution in [3.8, 4) is 0 Å². The Bertz CT molecular complexity index is 582. The van der Waals surface area contributed by atoms with Crippen molar-refractivity contribution in [3.05, 3.63) is 29.3 Å². The Kier molecular flexibility index (Phi) is 5.67. The maximum Gasteiger partial charge on any atom is 0.335 e. The molecule has 0 aromatic heterocycles. The van der Waals surface area contributed by atoms with Crippen LogP contribution in [0.2, 0.25) is 0 Å². The van der Waals surface area contributed by atoms with Crippen LogP contribution in [0.5, 0.6) is 0 Å². The van der Waals surface area contributed by atoms with Crippen LogP contribution in [-0.2, 0) is 16.4 Å². The lowest BCUT2D eigenvalue weighted by molar-refractivity contribution is 0.0696. The number of carboxylic acid groups (broad SMARTS) is 1. The highest BCUT2D eigenvalue weighted by atomic mass is 32.2. The van der Waals surface area contributed by atoms with Gasteiger partial charge in [0.05, 0.1) is 17.1 Å². The van der Waals surface area contributed by atoms with Crippen molar-refractivity contribution >= 4 is 16.0 Å². The number of benzene rings is 1. The average molecular weight is 301 g/mol. The van der Waals surface area contributed by atoms with Crippen molar-refractivity contribution in [2.75, 3.05) is 19.7 Å². The van der Waals surface area contributed by atoms with E-state index in [-0.39, 0.29) is 30.2 Å². The lowest BCUT2D eigenvalue weighted by atomic mass is 10.1. The fourth-order valence-electron chi connectivity index (χ4n) is 1.92. The molecule has 20 heavy (non-hydrogen) atoms. The molecule has 0 unspecified atom stereocenters. The van der Waals surface area contributed by atoms with Crippen LogP contribution in [0.3, 0.4) is 0 Å². The van der Waals surface area contributed by atoms with Gasteiger partial charge in [-0.3, -0.25) is 0 Å². The number of aliphatic hydroxyl groups is 1. The number of hydrogen-bond donors (Lipinski definition) is 2. The highest BCUT2D eigenvalue weighted by Crippen LogP contribution is 2.22. The Morgan fingerprint density at radius 2 is 1.95 bits per heavy atom. The molecule has 0 spiro atoms. The van der Waals surface area contributed by atoms with Gasteiger partial charge in [-0.1, -0.05) is 19.9 Å². The first-order valence-corrected chi connectivity index (χ1v) is 7.79. The highest BCUT2D eigenvalue weighted by molar-refractivity contribution is 7.89. The number of rotatable bonds is 7. The van der Waals surface area contributed by atoms with E-state index in [9.17, 15) is 13.2 Å². The van der Waals surface area contributed by atoms with Gasteiger partial charge in [0.2, 0.25) is 10.0 Å². The van der Waals surface area contributed by atoms with E-state index < -0.39 is 16.0 Å². The molecule has 0 amide bonds. The lowest BCUT2D eigenvalue weighted by Gasteiger charge is -2.21. The van der Waals surface area contributed by atoms with Gasteiger partial charge in [-0.2, -0.15) is 4.31 Å². The molecule has 0 saturated heterocycles. The lowest BCUT2D eigenvalue weighted by Crippen LogP contribution is -2.34. The number of likely N-dealkylation sites (N-methyl/N-ethyl adjacent to an activating group) is 1. The summed E-state index contributed by atoms with van der Waals surface area (Å²) in [6.45, 7) is 3.38. The second-order valence-corrected chi connectivity index (χ2v) is 6.11. The normalized spacial score (nSPS) is 11.8. The molecule has 6 nitrogen and oxygen atoms in total. The Labute approximate surface area is 118 Å². The number of aliphatic hydroxyl groups excluding tert-OH is 1. The van der Waals surface area contributed by atoms with E-state index in [1.54, 1.807) is 13.8 Å². The largest absolute Gasteiger partial charge is 0.478 e. The molecule has 0 aliphatic carbocycles. The predicted octanol–water partition coefficient (Wildman–Crippen LogP) is 0.950. The third-order valence-electron chi connectivity index (χ3n) is 3.01. The molecule has 0 atom stereocenters. The van der Waals surface area contributed by atoms with Crippen molar-refractivity contribution < 1.29 is 23.4 Å². The number of hydrogen-bond acceptors (Lipinski definition) is 4. The topological polar surface area (TPSA) is 94.9 Å². The molecule has 0 aliphatic rings. The zero-order valence-corrected chi connectivity index (χ0v) is 12.4. The van der Waals surface area contributed by atoms with Gasteiger partial charge in [0.15, 0.2) is 0 Å². The van der Waals surface area contributed by atoms with Gasteiger partial charge in [0.25, 0.3) is 0 Å². The molecule has 0 saturated carbocycles. The van der Waals surface area contributed by atoms with Crippen molar-refractivity contribution in [1.29, 1.82) is 0 Å². The molecule has 112 valence electrons. The molecule has 2 N–H and O–H groups in total. The molecule has 0 bridgehead atoms. The fraction of sp³-hybridized carbons (Fsp3) is 0.462. The summed E-state index contributed by atoms with van der Waals surface area (Å²) in [6, 6.07) is 4.09. The number of sulfonamides is 1. The zero-order valence-electron chi connectivity index (χ0n) is 11.5. The highest BCUT2D eigenvalue weighted by Gasteiger charge is 2.26. The van der Waals surface area contributed by atoms with Crippen LogP contribution >= 0.6 is 0 Å². The maximum absolute atomic E-state index is 12.5. The van der Waals surface area contributed by atoms with Crippen molar-refractivity contribution in [2.45, 2.75) is 25.2 Å². The summed E-state index contributed by atoms with van der Waals surface area (Å²) in [6.07, 6.45) is 0.477. The fourth-order valence-corrected chi connectivity index (χ4v) is 3.68. The molecule has 0 heterocycles. The summed E-state index contributed by atoms with van der Waals surface area (Å²) in [5.74, 6) is -1.17. The van der Waals surface area contributed by atoms with Gasteiger partial charge >= 0.3 is 5.97 Å². The Hall–Kier alpha value is -1.44. The van der Waals surface area contributed by atoms with Gasteiger partial charge in [-0.25, -0.2) is 13.2 Å². The van der Waals surface area contributed by atoms with Crippen molar-refractivity contribution in [3.63, 3.8) is 0 Å². The van der Waals surface area contributed by atoms with Gasteiger partial charge < -0.3 is 10.2 Å². The maximum atomic E-state index is 12.5. The average Bonchev–Trinajstić information content (AvgIpc) is 2.43. The molecule has 1 rings (SSSR count). The second-order valence-electron chi connectivity index (χ2n) is 4.20. The van der Waals surface area contributed by atoms with Crippen molar-refractivity contribution in [2.24, 2.45) is 0 Å². The second kappa shape index (κ2) is 6.83. The SMILES string of the molecule is CCc1ccc(C(=O)O)cc1S(=O)(=O)N(CC)CCO. The first-order valence-electron chi connectivity index (χ1n) is 6.35. The monoisotopic (exact) mass is 301 g/mol. The molecular weight excluding hydrogens is 282 g/mol. The summed E-state index contributed by atoms with van der Waals surface area (Å²) in [5.41, 5.74) is 0.493. The van der Waals surface area contributed by atoms with Crippen LogP contribution in [-0.4, -0.2) is 48.6 Å². The van der Waals surface area contributed by atoms with E-state index in [4.69, 9.17) is 10.2 Å². The molecule has 0 radical (unpaired) electrons. The predicted molar refractivity (Wildman–Crippen MR) is 74.3 cm³/mol. The van der Waals surface area contributed by atoms with Gasteiger partial charge in [-0.05, 0) is 24.1 Å². The molecule has 1 aromatic rings. The third kappa shape index (κ3) is 3.36. The van der Waals surface area contributed by atoms with Gasteiger partial charge in [-0.15, -0.1) is 0 Å². The number of carboxylic acids is 1. The van der Waals surface area contributed by atoms with Gasteiger partial charge in [0.1, 0.15) is 0 Å². The smallest absolute Gasteiger partial charge is 0.335 e. The summed E-state index contributed by atoms with van der Waals surface area (Å²) in [5, 5.41) is 17.9. The van der Waals surface area contributed by atoms with E-state index in [0.29, 0.717) is 12.0 Å². The van der Waals surface area contributed by atoms with E-state index >= 15 is 0 Å². The minimum Gasteiger partial charge on any atom is -0.478 e. The Morgan fingerprint density at radius 1 is 1.30 bits per heavy atom. The first kappa shape index (κ1) is 16.6. The van der Waals surface area contributed by atoms with Crippen LogP contribution < -0.4 is 0 Å². The van der Waals surface area contributed by atoms with E-state index in [1.807, 2.05) is 0 Å². The van der Waals surface area contributed by atoms with E-state index in [0.717, 1.165) is 4.31 Å². The summed E-state index contributed by atoms with van der Waals surface area (Å²) in [7, 11) is -3.80. The standard InChI is InChI=1S/C13H19NO5S/c1-3-10-5-6-11(13(16)17)9-12(10)20(18,19)14(4-2)7-8-15/h5-6,9,15H,3-4,7-8H2,1-2H3,(H,16,17). The molecule has 0 fully saturated rings. The Balaban J connectivity index is 3.41. The summed E-state index contributed by atoms with van der Waals surface area (Å²) in [4.78, 5) is 11.0. The molecular formula is C13H19NO5S. The first-order chi connectivity index (χ1) is 9.38. The quantitative estimate of drug-likeness (QED) is 0.782. The van der Waals surface area contributed by atoms with Crippen LogP contribution in [0.25, 0.3) is 0 Å². The zero-order chi connectivity index (χ0) is 15.3. The third-order valence-corrected chi connectivity index (χ3v) is 5.07. The Morgan fingerprint density at radius 3 is 2.40 bits per heavy atom. The van der Waals surface area contributed by atoms with Crippen LogP contribution in [0, 0.1) is 0 Å². The molecule has 0 aliphatic heterocycles. The number of carbonyl (C=O) groups is 1. The van der Waals surface area contributed by atoms with Crippen LogP contribution in [0.4, 0.5) is 0 Å². The van der Waals surface area contributed by atoms with E-state index in [1.165, 1.54) is 18.2 Å². The number of aryl methyl sites for hydroxylation is 1. The van der Waals surface area contributed by atoms with Gasteiger partial charge in [0, 0.05) is 13.1 Å². The minimum absolute atomic E-state index is 0.00444. The number of aromatic carboxylic acids is 1. The molecule has 1 aromatic carbocycles. The summed E-state index contributed by atoms with van der Waals surface area (Å²) >= 11 is 0. The van der Waals surface area contributed by atoms with Crippen molar-refractivity contribution in [1.82, 2.24) is 4.31 Å². The minimum atomic E-state index is -3.80. The summed E-state index contributed by atoms with van der Waals surface area (Å²) < 4.78 is 26.2. The number of nitrogens with zero attached hydrogens (tertiary/aromatic N) is 1. The van der Waals surface area contributed by atoms with Crippen LogP contribution in [0.15, 0.2) is 23.1 Å². The molecule has 7 heteroatoms.